The van der Waals surface area contributed by atoms with Gasteiger partial charge in [0, 0.05) is 0 Å². The summed E-state index contributed by atoms with van der Waals surface area (Å²) >= 11 is 0. The molecule has 0 aliphatic heterocycles. The van der Waals surface area contributed by atoms with E-state index in [0.29, 0.717) is 7.92 Å². The minimum absolute atomic E-state index is 0. The van der Waals surface area contributed by atoms with E-state index in [9.17, 15) is 0 Å². The Kier molecular flexibility index (Phi) is 9.15. The van der Waals surface area contributed by atoms with Gasteiger partial charge in [0.15, 0.2) is 0 Å². The van der Waals surface area contributed by atoms with Crippen molar-refractivity contribution in [2.45, 2.75) is 25.7 Å². The van der Waals surface area contributed by atoms with Gasteiger partial charge in [0.1, 0.15) is 0 Å². The van der Waals surface area contributed by atoms with E-state index in [4.69, 9.17) is 0 Å². The van der Waals surface area contributed by atoms with Crippen molar-refractivity contribution in [3.8, 4) is 0 Å². The molecular formula is C13H22ClP. The van der Waals surface area contributed by atoms with Crippen LogP contribution in [0, 0.1) is 0 Å². The van der Waals surface area contributed by atoms with Crippen molar-refractivity contribution in [2.24, 2.45) is 0 Å². The third kappa shape index (κ3) is 7.82. The van der Waals surface area contributed by atoms with Crippen LogP contribution in [0.4, 0.5) is 0 Å². The molecule has 0 heterocycles. The Bertz CT molecular complexity index is 234. The first kappa shape index (κ1) is 14.9. The molecule has 0 bridgehead atoms. The molecular weight excluding hydrogens is 223 g/mol. The predicted molar refractivity (Wildman–Crippen MR) is 74.9 cm³/mol. The molecule has 0 aliphatic rings. The lowest BCUT2D eigenvalue weighted by atomic mass is 10.1. The Morgan fingerprint density at radius 3 is 2.20 bits per heavy atom. The molecule has 1 rings (SSSR count). The molecule has 0 amide bonds. The van der Waals surface area contributed by atoms with Gasteiger partial charge in [-0.1, -0.05) is 36.8 Å². The zero-order chi connectivity index (χ0) is 10.2. The molecule has 0 saturated carbocycles. The van der Waals surface area contributed by atoms with Gasteiger partial charge in [-0.15, -0.1) is 20.3 Å². The van der Waals surface area contributed by atoms with E-state index >= 15 is 0 Å². The smallest absolute Gasteiger partial charge is 0.0279 e. The summed E-state index contributed by atoms with van der Waals surface area (Å²) in [6.45, 7) is 4.74. The molecule has 0 aliphatic carbocycles. The number of aryl methyl sites for hydroxylation is 1. The van der Waals surface area contributed by atoms with Crippen molar-refractivity contribution in [3.05, 3.63) is 35.9 Å². The lowest BCUT2D eigenvalue weighted by Gasteiger charge is -2.04. The van der Waals surface area contributed by atoms with E-state index < -0.39 is 0 Å². The Morgan fingerprint density at radius 2 is 1.60 bits per heavy atom. The number of rotatable bonds is 6. The van der Waals surface area contributed by atoms with Crippen LogP contribution in [0.2, 0.25) is 0 Å². The second kappa shape index (κ2) is 9.19. The predicted octanol–water partition coefficient (Wildman–Crippen LogP) is 4.56. The molecule has 0 saturated heterocycles. The summed E-state index contributed by atoms with van der Waals surface area (Å²) < 4.78 is 0. The fourth-order valence-corrected chi connectivity index (χ4v) is 2.43. The summed E-state index contributed by atoms with van der Waals surface area (Å²) in [6.07, 6.45) is 6.88. The van der Waals surface area contributed by atoms with E-state index in [1.54, 1.807) is 0 Å². The first-order valence-corrected chi connectivity index (χ1v) is 7.90. The first-order chi connectivity index (χ1) is 6.79. The highest BCUT2D eigenvalue weighted by Crippen LogP contribution is 2.25. The van der Waals surface area contributed by atoms with Crippen molar-refractivity contribution in [1.82, 2.24) is 0 Å². The van der Waals surface area contributed by atoms with Crippen molar-refractivity contribution >= 4 is 20.3 Å². The van der Waals surface area contributed by atoms with Crippen molar-refractivity contribution < 1.29 is 0 Å². The molecule has 86 valence electrons. The Balaban J connectivity index is 0.00000196. The van der Waals surface area contributed by atoms with Gasteiger partial charge in [0.05, 0.1) is 0 Å². The molecule has 0 nitrogen and oxygen atoms in total. The number of unbranched alkanes of at least 4 members (excludes halogenated alkanes) is 2. The zero-order valence-corrected chi connectivity index (χ0v) is 11.5. The van der Waals surface area contributed by atoms with Crippen molar-refractivity contribution in [2.75, 3.05) is 19.5 Å². The van der Waals surface area contributed by atoms with Crippen LogP contribution in [-0.4, -0.2) is 19.5 Å². The fourth-order valence-electron chi connectivity index (χ4n) is 1.58. The van der Waals surface area contributed by atoms with E-state index in [0.717, 1.165) is 0 Å². The van der Waals surface area contributed by atoms with Crippen LogP contribution in [0.1, 0.15) is 24.8 Å². The lowest BCUT2D eigenvalue weighted by molar-refractivity contribution is 0.721. The topological polar surface area (TPSA) is 0 Å². The maximum absolute atomic E-state index is 2.37. The third-order valence-electron chi connectivity index (χ3n) is 2.41. The number of hydrogen-bond acceptors (Lipinski definition) is 0. The largest absolute Gasteiger partial charge is 0.147 e. The minimum Gasteiger partial charge on any atom is -0.147 e. The summed E-state index contributed by atoms with van der Waals surface area (Å²) in [7, 11) is 0.329. The van der Waals surface area contributed by atoms with Crippen LogP contribution in [0.3, 0.4) is 0 Å². The highest BCUT2D eigenvalue weighted by atomic mass is 35.5. The number of benzene rings is 1. The molecule has 0 spiro atoms. The van der Waals surface area contributed by atoms with Gasteiger partial charge in [-0.3, -0.25) is 0 Å². The van der Waals surface area contributed by atoms with Crippen molar-refractivity contribution in [3.63, 3.8) is 0 Å². The molecule has 15 heavy (non-hydrogen) atoms. The maximum Gasteiger partial charge on any atom is -0.0279 e. The summed E-state index contributed by atoms with van der Waals surface area (Å²) in [5.74, 6) is 0. The molecule has 1 aromatic carbocycles. The zero-order valence-electron chi connectivity index (χ0n) is 9.78. The summed E-state index contributed by atoms with van der Waals surface area (Å²) in [5, 5.41) is 0. The van der Waals surface area contributed by atoms with Gasteiger partial charge in [-0.25, -0.2) is 0 Å². The van der Waals surface area contributed by atoms with E-state index in [2.05, 4.69) is 43.7 Å². The minimum atomic E-state index is 0. The Labute approximate surface area is 102 Å². The third-order valence-corrected chi connectivity index (χ3v) is 3.62. The average Bonchev–Trinajstić information content (AvgIpc) is 2.18. The SMILES string of the molecule is CP(C)CCCCCc1ccccc1.Cl. The standard InChI is InChI=1S/C13H21P.ClH/c1-14(2)12-8-4-7-11-13-9-5-3-6-10-13;/h3,5-6,9-10H,4,7-8,11-12H2,1-2H3;1H. The van der Waals surface area contributed by atoms with Gasteiger partial charge in [-0.05, 0) is 44.3 Å². The highest BCUT2D eigenvalue weighted by Gasteiger charge is 1.94. The van der Waals surface area contributed by atoms with Crippen LogP contribution in [0.15, 0.2) is 30.3 Å². The van der Waals surface area contributed by atoms with Crippen LogP contribution >= 0.6 is 20.3 Å². The highest BCUT2D eigenvalue weighted by molar-refractivity contribution is 7.55. The Morgan fingerprint density at radius 1 is 0.933 bits per heavy atom. The maximum atomic E-state index is 2.37. The van der Waals surface area contributed by atoms with Crippen molar-refractivity contribution in [1.29, 1.82) is 0 Å². The summed E-state index contributed by atoms with van der Waals surface area (Å²) in [5.41, 5.74) is 1.49. The number of hydrogen-bond donors (Lipinski definition) is 0. The van der Waals surface area contributed by atoms with Crippen LogP contribution in [0.25, 0.3) is 0 Å². The molecule has 0 unspecified atom stereocenters. The van der Waals surface area contributed by atoms with Crippen LogP contribution in [-0.2, 0) is 6.42 Å². The summed E-state index contributed by atoms with van der Waals surface area (Å²) in [6, 6.07) is 10.8. The molecule has 0 fully saturated rings. The van der Waals surface area contributed by atoms with E-state index in [1.165, 1.54) is 37.4 Å². The molecule has 0 radical (unpaired) electrons. The quantitative estimate of drug-likeness (QED) is 0.508. The monoisotopic (exact) mass is 244 g/mol. The van der Waals surface area contributed by atoms with Gasteiger partial charge in [-0.2, -0.15) is 0 Å². The molecule has 1 aromatic rings. The fraction of sp³-hybridized carbons (Fsp3) is 0.538. The van der Waals surface area contributed by atoms with Gasteiger partial charge >= 0.3 is 0 Å². The van der Waals surface area contributed by atoms with Gasteiger partial charge < -0.3 is 0 Å². The molecule has 0 N–H and O–H groups in total. The summed E-state index contributed by atoms with van der Waals surface area (Å²) in [4.78, 5) is 0. The molecule has 0 atom stereocenters. The number of halogens is 1. The van der Waals surface area contributed by atoms with E-state index in [-0.39, 0.29) is 12.4 Å². The first-order valence-electron chi connectivity index (χ1n) is 5.47. The molecule has 2 heteroatoms. The molecule has 0 aromatic heterocycles. The second-order valence-electron chi connectivity index (χ2n) is 4.10. The Hall–Kier alpha value is -0.0600. The van der Waals surface area contributed by atoms with E-state index in [1.807, 2.05) is 0 Å². The van der Waals surface area contributed by atoms with Gasteiger partial charge in [0.25, 0.3) is 0 Å². The van der Waals surface area contributed by atoms with Crippen LogP contribution in [0.5, 0.6) is 0 Å². The second-order valence-corrected chi connectivity index (χ2v) is 6.71. The normalized spacial score (nSPS) is 10.1. The van der Waals surface area contributed by atoms with Gasteiger partial charge in [0.2, 0.25) is 0 Å². The van der Waals surface area contributed by atoms with Crippen LogP contribution < -0.4 is 0 Å². The average molecular weight is 245 g/mol. The lowest BCUT2D eigenvalue weighted by Crippen LogP contribution is -1.87.